The Morgan fingerprint density at radius 3 is 2.59 bits per heavy atom. The number of imide groups is 1. The largest absolute Gasteiger partial charge is 0.385 e. The van der Waals surface area contributed by atoms with Gasteiger partial charge in [0.2, 0.25) is 11.8 Å². The van der Waals surface area contributed by atoms with Crippen molar-refractivity contribution in [1.29, 1.82) is 0 Å². The number of morpholine rings is 1. The SMILES string of the molecule is Cc1nn([C@H]2C[C@H](CCCNc3ccc4c(c3)C(=O)C(C3CCC(=O)NC3=O)C4=O)C2)cc1-c1cnc2ccc(N3CCOCC3)cc2n1. The first kappa shape index (κ1) is 31.3. The van der Waals surface area contributed by atoms with Crippen LogP contribution in [0.1, 0.15) is 71.0 Å². The van der Waals surface area contributed by atoms with E-state index in [1.807, 2.05) is 25.3 Å². The lowest BCUT2D eigenvalue weighted by molar-refractivity contribution is -0.137. The maximum absolute atomic E-state index is 13.2. The maximum atomic E-state index is 13.2. The van der Waals surface area contributed by atoms with Crippen LogP contribution in [0.25, 0.3) is 22.3 Å². The Morgan fingerprint density at radius 1 is 0.959 bits per heavy atom. The predicted molar refractivity (Wildman–Crippen MR) is 182 cm³/mol. The third-order valence-electron chi connectivity index (χ3n) is 10.6. The summed E-state index contributed by atoms with van der Waals surface area (Å²) in [5.74, 6) is -2.79. The number of piperidine rings is 1. The number of Topliss-reactive ketones (excluding diaryl/α,β-unsaturated/α-hetero) is 2. The van der Waals surface area contributed by atoms with Gasteiger partial charge >= 0.3 is 0 Å². The van der Waals surface area contributed by atoms with Gasteiger partial charge in [-0.1, -0.05) is 0 Å². The summed E-state index contributed by atoms with van der Waals surface area (Å²) < 4.78 is 7.60. The normalized spacial score (nSPS) is 23.8. The van der Waals surface area contributed by atoms with Crippen LogP contribution < -0.4 is 15.5 Å². The molecule has 0 radical (unpaired) electrons. The zero-order valence-electron chi connectivity index (χ0n) is 27.5. The van der Waals surface area contributed by atoms with Crippen LogP contribution in [-0.4, -0.2) is 76.0 Å². The van der Waals surface area contributed by atoms with Crippen LogP contribution in [0, 0.1) is 24.7 Å². The quantitative estimate of drug-likeness (QED) is 0.149. The fourth-order valence-corrected chi connectivity index (χ4v) is 7.76. The van der Waals surface area contributed by atoms with Gasteiger partial charge in [0.15, 0.2) is 11.6 Å². The van der Waals surface area contributed by atoms with E-state index in [0.717, 1.165) is 97.9 Å². The summed E-state index contributed by atoms with van der Waals surface area (Å²) in [6.07, 6.45) is 8.51. The number of nitrogens with one attached hydrogen (secondary N) is 2. The van der Waals surface area contributed by atoms with Crippen LogP contribution in [-0.2, 0) is 14.3 Å². The Labute approximate surface area is 283 Å². The number of anilines is 2. The van der Waals surface area contributed by atoms with Crippen molar-refractivity contribution in [3.63, 3.8) is 0 Å². The number of rotatable bonds is 9. The molecule has 2 aliphatic heterocycles. The molecule has 2 saturated heterocycles. The number of fused-ring (bicyclic) bond motifs is 2. The molecule has 12 heteroatoms. The Kier molecular flexibility index (Phi) is 8.18. The van der Waals surface area contributed by atoms with Crippen molar-refractivity contribution in [3.05, 3.63) is 65.6 Å². The highest BCUT2D eigenvalue weighted by molar-refractivity contribution is 6.28. The Balaban J connectivity index is 0.834. The summed E-state index contributed by atoms with van der Waals surface area (Å²) >= 11 is 0. The monoisotopic (exact) mass is 661 g/mol. The molecule has 0 bridgehead atoms. The average molecular weight is 662 g/mol. The zero-order valence-corrected chi connectivity index (χ0v) is 27.5. The number of ether oxygens (including phenoxy) is 1. The van der Waals surface area contributed by atoms with Gasteiger partial charge in [-0.05, 0) is 81.3 Å². The first-order valence-electron chi connectivity index (χ1n) is 17.3. The number of amides is 2. The second-order valence-corrected chi connectivity index (χ2v) is 13.7. The highest BCUT2D eigenvalue weighted by Crippen LogP contribution is 2.41. The Hall–Kier alpha value is -4.97. The minimum absolute atomic E-state index is 0.137. The summed E-state index contributed by atoms with van der Waals surface area (Å²) in [6.45, 7) is 6.00. The number of aryl methyl sites for hydroxylation is 1. The molecule has 8 rings (SSSR count). The molecule has 2 aliphatic carbocycles. The molecular weight excluding hydrogens is 622 g/mol. The van der Waals surface area contributed by atoms with E-state index in [2.05, 4.69) is 38.5 Å². The van der Waals surface area contributed by atoms with Gasteiger partial charge in [-0.25, -0.2) is 4.98 Å². The number of benzene rings is 2. The number of hydrogen-bond donors (Lipinski definition) is 2. The minimum Gasteiger partial charge on any atom is -0.385 e. The fraction of sp³-hybridized carbons (Fsp3) is 0.432. The second kappa shape index (κ2) is 12.8. The van der Waals surface area contributed by atoms with Gasteiger partial charge in [0.25, 0.3) is 0 Å². The van der Waals surface area contributed by atoms with Gasteiger partial charge in [-0.15, -0.1) is 0 Å². The summed E-state index contributed by atoms with van der Waals surface area (Å²) in [7, 11) is 0. The van der Waals surface area contributed by atoms with Crippen LogP contribution in [0.3, 0.4) is 0 Å². The molecule has 2 atom stereocenters. The van der Waals surface area contributed by atoms with Crippen molar-refractivity contribution >= 4 is 45.8 Å². The van der Waals surface area contributed by atoms with Gasteiger partial charge in [0.1, 0.15) is 0 Å². The molecule has 49 heavy (non-hydrogen) atoms. The molecule has 2 aromatic carbocycles. The Bertz CT molecular complexity index is 1980. The molecule has 2 aromatic heterocycles. The number of aromatic nitrogens is 4. The molecule has 12 nitrogen and oxygen atoms in total. The number of hydrogen-bond acceptors (Lipinski definition) is 10. The number of carbonyl (C=O) groups excluding carboxylic acids is 4. The highest BCUT2D eigenvalue weighted by Gasteiger charge is 2.47. The molecule has 2 unspecified atom stereocenters. The molecular formula is C37H39N7O5. The molecule has 4 heterocycles. The van der Waals surface area contributed by atoms with Crippen molar-refractivity contribution < 1.29 is 23.9 Å². The number of nitrogens with zero attached hydrogens (tertiary/aromatic N) is 5. The van der Waals surface area contributed by atoms with E-state index in [4.69, 9.17) is 19.8 Å². The van der Waals surface area contributed by atoms with Gasteiger partial charge in [0, 0.05) is 60.3 Å². The van der Waals surface area contributed by atoms with Gasteiger partial charge in [-0.2, -0.15) is 5.10 Å². The molecule has 2 amide bonds. The van der Waals surface area contributed by atoms with Crippen molar-refractivity contribution in [2.75, 3.05) is 43.1 Å². The third-order valence-corrected chi connectivity index (χ3v) is 10.6. The van der Waals surface area contributed by atoms with E-state index in [0.29, 0.717) is 23.1 Å². The predicted octanol–water partition coefficient (Wildman–Crippen LogP) is 4.53. The highest BCUT2D eigenvalue weighted by atomic mass is 16.5. The first-order valence-corrected chi connectivity index (χ1v) is 17.3. The van der Waals surface area contributed by atoms with Crippen LogP contribution in [0.2, 0.25) is 0 Å². The van der Waals surface area contributed by atoms with Crippen molar-refractivity contribution in [2.24, 2.45) is 17.8 Å². The lowest BCUT2D eigenvalue weighted by Crippen LogP contribution is -2.46. The standard InChI is InChI=1S/C37H39N7O5/c1-21-29(32-19-39-30-8-5-24(18-31(30)40-32)43-11-13-49-14-12-43)20-44(42-21)25-15-22(16-25)3-2-10-38-23-4-6-26-28(17-23)36(47)34(35(26)46)27-7-9-33(45)41-37(27)48/h4-6,8,17-20,22,25,27,34,38H,2-3,7,9-16H2,1H3,(H,41,45,48)/t22-,25-,27?,34?. The lowest BCUT2D eigenvalue weighted by atomic mass is 9.77. The molecule has 4 aromatic rings. The van der Waals surface area contributed by atoms with Gasteiger partial charge in [-0.3, -0.25) is 34.2 Å². The van der Waals surface area contributed by atoms with E-state index in [1.165, 1.54) is 0 Å². The summed E-state index contributed by atoms with van der Waals surface area (Å²) in [5, 5.41) is 10.5. The third kappa shape index (κ3) is 5.98. The summed E-state index contributed by atoms with van der Waals surface area (Å²) in [5.41, 5.74) is 7.18. The number of ketones is 2. The topological polar surface area (TPSA) is 148 Å². The van der Waals surface area contributed by atoms with E-state index < -0.39 is 17.7 Å². The van der Waals surface area contributed by atoms with E-state index in [9.17, 15) is 19.2 Å². The number of carbonyl (C=O) groups is 4. The smallest absolute Gasteiger partial charge is 0.230 e. The van der Waals surface area contributed by atoms with E-state index in [-0.39, 0.29) is 30.3 Å². The van der Waals surface area contributed by atoms with Crippen LogP contribution in [0.15, 0.2) is 48.8 Å². The van der Waals surface area contributed by atoms with Crippen LogP contribution in [0.5, 0.6) is 0 Å². The minimum atomic E-state index is -1.05. The zero-order chi connectivity index (χ0) is 33.6. The molecule has 2 N–H and O–H groups in total. The molecule has 252 valence electrons. The van der Waals surface area contributed by atoms with Crippen molar-refractivity contribution in [3.8, 4) is 11.3 Å². The van der Waals surface area contributed by atoms with Crippen LogP contribution >= 0.6 is 0 Å². The van der Waals surface area contributed by atoms with E-state index in [1.54, 1.807) is 12.1 Å². The average Bonchev–Trinajstić information content (AvgIpc) is 3.59. The van der Waals surface area contributed by atoms with Gasteiger partial charge < -0.3 is 15.0 Å². The summed E-state index contributed by atoms with van der Waals surface area (Å²) in [4.78, 5) is 62.1. The molecule has 3 fully saturated rings. The lowest BCUT2D eigenvalue weighted by Gasteiger charge is -2.35. The Morgan fingerprint density at radius 2 is 1.78 bits per heavy atom. The molecule has 0 spiro atoms. The first-order chi connectivity index (χ1) is 23.8. The second-order valence-electron chi connectivity index (χ2n) is 13.7. The summed E-state index contributed by atoms with van der Waals surface area (Å²) in [6, 6.07) is 11.8. The van der Waals surface area contributed by atoms with Crippen molar-refractivity contribution in [2.45, 2.75) is 51.5 Å². The van der Waals surface area contributed by atoms with Crippen LogP contribution in [0.4, 0.5) is 11.4 Å². The maximum Gasteiger partial charge on any atom is 0.230 e. The molecule has 1 saturated carbocycles. The van der Waals surface area contributed by atoms with Gasteiger partial charge in [0.05, 0.1) is 59.7 Å². The van der Waals surface area contributed by atoms with E-state index >= 15 is 0 Å². The fourth-order valence-electron chi connectivity index (χ4n) is 7.76. The molecule has 4 aliphatic rings. The van der Waals surface area contributed by atoms with Crippen molar-refractivity contribution in [1.82, 2.24) is 25.1 Å².